The van der Waals surface area contributed by atoms with Crippen LogP contribution < -0.4 is 20.2 Å². The van der Waals surface area contributed by atoms with Gasteiger partial charge in [-0.05, 0) is 58.3 Å². The first-order valence-electron chi connectivity index (χ1n) is 17.4. The third kappa shape index (κ3) is 11.5. The predicted molar refractivity (Wildman–Crippen MR) is 215 cm³/mol. The molecule has 0 saturated carbocycles. The van der Waals surface area contributed by atoms with Crippen LogP contribution in [0.2, 0.25) is 26.2 Å². The monoisotopic (exact) mass is 854 g/mol. The van der Waals surface area contributed by atoms with Crippen LogP contribution in [0.25, 0.3) is 0 Å². The number of para-hydroxylation sites is 2. The quantitative estimate of drug-likeness (QED) is 0.129. The van der Waals surface area contributed by atoms with Crippen molar-refractivity contribution in [2.45, 2.75) is 105 Å². The molecule has 0 aliphatic carbocycles. The van der Waals surface area contributed by atoms with Crippen molar-refractivity contribution >= 4 is 39.3 Å². The summed E-state index contributed by atoms with van der Waals surface area (Å²) < 4.78 is 0. The summed E-state index contributed by atoms with van der Waals surface area (Å²) >= 11 is 0. The molecule has 0 amide bonds. The van der Waals surface area contributed by atoms with Gasteiger partial charge >= 0.3 is 0 Å². The number of hydrogen-bond acceptors (Lipinski definition) is 2. The van der Waals surface area contributed by atoms with Crippen molar-refractivity contribution in [3.05, 3.63) is 138 Å². The molecular formula is C43H59N2PtSi2-. The molecule has 4 aromatic carbocycles. The summed E-state index contributed by atoms with van der Waals surface area (Å²) in [6.07, 6.45) is 4.43. The smallest absolute Gasteiger partial charge is 0.0791 e. The van der Waals surface area contributed by atoms with Gasteiger partial charge in [0.2, 0.25) is 0 Å². The van der Waals surface area contributed by atoms with Gasteiger partial charge in [-0.25, -0.2) is 0 Å². The molecule has 0 aromatic heterocycles. The maximum Gasteiger partial charge on any atom is 0.0791 e. The Morgan fingerprint density at radius 3 is 0.896 bits per heavy atom. The topological polar surface area (TPSA) is 6.48 Å². The predicted octanol–water partition coefficient (Wildman–Crippen LogP) is 11.4. The van der Waals surface area contributed by atoms with Gasteiger partial charge in [0.25, 0.3) is 0 Å². The van der Waals surface area contributed by atoms with Crippen LogP contribution in [0.3, 0.4) is 0 Å². The van der Waals surface area contributed by atoms with E-state index in [0.717, 1.165) is 0 Å². The van der Waals surface area contributed by atoms with E-state index in [4.69, 9.17) is 0 Å². The molecule has 4 aromatic rings. The summed E-state index contributed by atoms with van der Waals surface area (Å²) in [6.45, 7) is 29.8. The molecule has 1 aliphatic heterocycles. The minimum absolute atomic E-state index is 0. The molecule has 5 rings (SSSR count). The second-order valence-electron chi connectivity index (χ2n) is 14.1. The molecule has 0 fully saturated rings. The van der Waals surface area contributed by atoms with Gasteiger partial charge in [0.1, 0.15) is 0 Å². The Balaban J connectivity index is 0.000000342. The van der Waals surface area contributed by atoms with Crippen LogP contribution in [0.15, 0.2) is 109 Å². The van der Waals surface area contributed by atoms with Crippen molar-refractivity contribution in [2.75, 3.05) is 9.80 Å². The van der Waals surface area contributed by atoms with E-state index in [1.54, 1.807) is 0 Å². The maximum absolute atomic E-state index is 2.33. The summed E-state index contributed by atoms with van der Waals surface area (Å²) in [5.41, 5.74) is 8.29. The van der Waals surface area contributed by atoms with E-state index in [0.29, 0.717) is 23.7 Å². The Kier molecular flexibility index (Phi) is 17.4. The standard InChI is InChI=1S/C27H37N2.2C8H11Si.Pt/c1-18(2)22-11-9-12-23(19(3)4)26(22)28-15-16-29(17-28)27-24(20(5)6)13-10-14-25(27)21(7)8;2*1-9(2)8-6-4-3-5-7-8;/h9-21H,1-8H3;2*3-7H,1-2H3;/q-1;;;. The number of rotatable bonds is 8. The van der Waals surface area contributed by atoms with Crippen LogP contribution in [0.4, 0.5) is 11.4 Å². The molecule has 2 radical (unpaired) electrons. The minimum Gasteiger partial charge on any atom is -0.479 e. The van der Waals surface area contributed by atoms with Gasteiger partial charge in [-0.1, -0.05) is 189 Å². The van der Waals surface area contributed by atoms with E-state index in [-0.39, 0.29) is 38.7 Å². The third-order valence-corrected chi connectivity index (χ3v) is 11.5. The van der Waals surface area contributed by atoms with Crippen molar-refractivity contribution in [1.82, 2.24) is 0 Å². The zero-order valence-corrected chi connectivity index (χ0v) is 35.8. The zero-order valence-electron chi connectivity index (χ0n) is 31.5. The first-order valence-corrected chi connectivity index (χ1v) is 22.4. The molecule has 0 unspecified atom stereocenters. The molecule has 0 atom stereocenters. The molecule has 0 spiro atoms. The molecular weight excluding hydrogens is 796 g/mol. The van der Waals surface area contributed by atoms with Crippen molar-refractivity contribution < 1.29 is 21.1 Å². The Hall–Kier alpha value is -2.66. The first kappa shape index (κ1) is 41.5. The fraction of sp³-hybridized carbons (Fsp3) is 0.372. The molecule has 1 heterocycles. The molecule has 48 heavy (non-hydrogen) atoms. The molecule has 0 N–H and O–H groups in total. The normalized spacial score (nSPS) is 12.5. The van der Waals surface area contributed by atoms with E-state index in [1.807, 2.05) is 0 Å². The number of benzene rings is 4. The van der Waals surface area contributed by atoms with Gasteiger partial charge in [0.15, 0.2) is 0 Å². The molecule has 0 saturated heterocycles. The van der Waals surface area contributed by atoms with Crippen LogP contribution in [-0.2, 0) is 21.1 Å². The summed E-state index contributed by atoms with van der Waals surface area (Å²) in [5, 5.41) is 3.03. The maximum atomic E-state index is 2.33. The van der Waals surface area contributed by atoms with E-state index >= 15 is 0 Å². The average Bonchev–Trinajstić information content (AvgIpc) is 3.55. The zero-order chi connectivity index (χ0) is 34.7. The minimum atomic E-state index is -0.212. The fourth-order valence-corrected chi connectivity index (χ4v) is 7.50. The van der Waals surface area contributed by atoms with E-state index in [2.05, 4.69) is 208 Å². The summed E-state index contributed by atoms with van der Waals surface area (Å²) in [4.78, 5) is 4.65. The summed E-state index contributed by atoms with van der Waals surface area (Å²) in [6, 6.07) is 34.9. The van der Waals surface area contributed by atoms with Crippen LogP contribution in [0.1, 0.15) is 101 Å². The molecule has 0 bridgehead atoms. The largest absolute Gasteiger partial charge is 0.479 e. The van der Waals surface area contributed by atoms with Gasteiger partial charge in [-0.2, -0.15) is 0 Å². The van der Waals surface area contributed by atoms with Gasteiger partial charge < -0.3 is 9.80 Å². The van der Waals surface area contributed by atoms with Gasteiger partial charge in [0.05, 0.1) is 17.6 Å². The third-order valence-electron chi connectivity index (χ3n) is 8.54. The van der Waals surface area contributed by atoms with Crippen LogP contribution in [0, 0.1) is 6.67 Å². The SMILES string of the molecule is CC(C)c1cccc(C(C)C)c1N1C=CN(c2c(C(C)C)cccc2C(C)C)[CH-]1.C[Si](C)c1ccccc1.C[Si](C)c1ccccc1.[Pt]. The molecule has 260 valence electrons. The second-order valence-corrected chi connectivity index (χ2v) is 19.3. The Morgan fingerprint density at radius 2 is 0.688 bits per heavy atom. The average molecular weight is 855 g/mol. The molecule has 5 heteroatoms. The van der Waals surface area contributed by atoms with E-state index in [1.165, 1.54) is 44.0 Å². The van der Waals surface area contributed by atoms with Gasteiger partial charge in [-0.15, -0.1) is 6.67 Å². The van der Waals surface area contributed by atoms with Crippen molar-refractivity contribution in [1.29, 1.82) is 0 Å². The summed E-state index contributed by atoms with van der Waals surface area (Å²) in [7, 11) is -0.424. The number of anilines is 2. The first-order chi connectivity index (χ1) is 22.3. The van der Waals surface area contributed by atoms with Gasteiger partial charge in [-0.3, -0.25) is 0 Å². The van der Waals surface area contributed by atoms with E-state index < -0.39 is 0 Å². The number of hydrogen-bond donors (Lipinski definition) is 0. The van der Waals surface area contributed by atoms with Crippen LogP contribution >= 0.6 is 0 Å². The van der Waals surface area contributed by atoms with Crippen molar-refractivity contribution in [2.24, 2.45) is 0 Å². The molecule has 2 nitrogen and oxygen atoms in total. The fourth-order valence-electron chi connectivity index (χ4n) is 5.78. The molecule has 1 aliphatic rings. The second kappa shape index (κ2) is 20.1. The Morgan fingerprint density at radius 1 is 0.417 bits per heavy atom. The van der Waals surface area contributed by atoms with E-state index in [9.17, 15) is 0 Å². The van der Waals surface area contributed by atoms with Crippen molar-refractivity contribution in [3.8, 4) is 0 Å². The summed E-state index contributed by atoms with van der Waals surface area (Å²) in [5.74, 6) is 1.92. The number of nitrogens with zero attached hydrogens (tertiary/aromatic N) is 2. The van der Waals surface area contributed by atoms with Crippen LogP contribution in [-0.4, -0.2) is 17.6 Å². The van der Waals surface area contributed by atoms with Crippen molar-refractivity contribution in [3.63, 3.8) is 0 Å². The Labute approximate surface area is 312 Å². The van der Waals surface area contributed by atoms with Crippen LogP contribution in [0.5, 0.6) is 0 Å². The van der Waals surface area contributed by atoms with Gasteiger partial charge in [0, 0.05) is 32.4 Å². The Bertz CT molecular complexity index is 1360.